The van der Waals surface area contributed by atoms with Crippen molar-refractivity contribution in [3.63, 3.8) is 0 Å². The molecule has 1 saturated carbocycles. The van der Waals surface area contributed by atoms with Gasteiger partial charge >= 0.3 is 0 Å². The van der Waals surface area contributed by atoms with Crippen molar-refractivity contribution >= 4 is 28.1 Å². The summed E-state index contributed by atoms with van der Waals surface area (Å²) in [5, 5.41) is 8.93. The Balaban J connectivity index is 1.45. The minimum atomic E-state index is -0.0863. The van der Waals surface area contributed by atoms with Gasteiger partial charge in [-0.05, 0) is 48.8 Å². The van der Waals surface area contributed by atoms with Gasteiger partial charge in [0.25, 0.3) is 5.91 Å². The van der Waals surface area contributed by atoms with Gasteiger partial charge < -0.3 is 15.6 Å². The molecule has 4 nitrogen and oxygen atoms in total. The Kier molecular flexibility index (Phi) is 6.36. The molecule has 2 heterocycles. The Labute approximate surface area is 177 Å². The Morgan fingerprint density at radius 2 is 2.07 bits per heavy atom. The van der Waals surface area contributed by atoms with Crippen LogP contribution in [-0.2, 0) is 4.79 Å². The van der Waals surface area contributed by atoms with Gasteiger partial charge in [0.15, 0.2) is 6.04 Å². The van der Waals surface area contributed by atoms with Gasteiger partial charge in [-0.25, -0.2) is 0 Å². The molecule has 1 aliphatic carbocycles. The molecule has 0 spiro atoms. The molecule has 0 unspecified atom stereocenters. The van der Waals surface area contributed by atoms with Gasteiger partial charge in [-0.1, -0.05) is 44.0 Å². The molecule has 29 heavy (non-hydrogen) atoms. The zero-order valence-corrected chi connectivity index (χ0v) is 18.2. The Morgan fingerprint density at radius 3 is 2.86 bits per heavy atom. The van der Waals surface area contributed by atoms with Crippen LogP contribution in [-0.4, -0.2) is 29.5 Å². The molecule has 4 rings (SSSR count). The minimum Gasteiger partial charge on any atom is -0.361 e. The first-order chi connectivity index (χ1) is 14.1. The summed E-state index contributed by atoms with van der Waals surface area (Å²) in [5.74, 6) is 1.03. The average molecular weight is 411 g/mol. The highest BCUT2D eigenvalue weighted by molar-refractivity contribution is 7.10. The third-order valence-electron chi connectivity index (χ3n) is 6.46. The number of para-hydroxylation sites is 1. The molecule has 5 heteroatoms. The second-order valence-corrected chi connectivity index (χ2v) is 9.47. The van der Waals surface area contributed by atoms with Gasteiger partial charge in [0.1, 0.15) is 0 Å². The lowest BCUT2D eigenvalue weighted by Crippen LogP contribution is -2.92. The van der Waals surface area contributed by atoms with Crippen LogP contribution in [0.25, 0.3) is 10.9 Å². The van der Waals surface area contributed by atoms with Crippen LogP contribution < -0.4 is 10.6 Å². The molecule has 0 saturated heterocycles. The Hall–Kier alpha value is -2.11. The van der Waals surface area contributed by atoms with Gasteiger partial charge in [-0.15, -0.1) is 11.3 Å². The van der Waals surface area contributed by atoms with Crippen molar-refractivity contribution in [3.05, 3.63) is 58.4 Å². The molecule has 3 aromatic rings. The highest BCUT2D eigenvalue weighted by Crippen LogP contribution is 2.32. The molecule has 154 valence electrons. The third kappa shape index (κ3) is 4.57. The van der Waals surface area contributed by atoms with Crippen LogP contribution in [0.4, 0.5) is 0 Å². The number of aromatic amines is 1. The van der Waals surface area contributed by atoms with Crippen LogP contribution >= 0.6 is 11.3 Å². The van der Waals surface area contributed by atoms with Gasteiger partial charge in [-0.3, -0.25) is 4.79 Å². The molecule has 4 atom stereocenters. The summed E-state index contributed by atoms with van der Waals surface area (Å²) in [5.41, 5.74) is 2.48. The van der Waals surface area contributed by atoms with E-state index < -0.39 is 0 Å². The van der Waals surface area contributed by atoms with E-state index in [0.29, 0.717) is 12.0 Å². The van der Waals surface area contributed by atoms with E-state index >= 15 is 0 Å². The number of aromatic nitrogens is 1. The Bertz CT molecular complexity index is 933. The number of fused-ring (bicyclic) bond motifs is 1. The molecule has 1 aromatic carbocycles. The van der Waals surface area contributed by atoms with Crippen LogP contribution in [0.2, 0.25) is 0 Å². The van der Waals surface area contributed by atoms with Gasteiger partial charge in [-0.2, -0.15) is 0 Å². The molecule has 2 aromatic heterocycles. The van der Waals surface area contributed by atoms with E-state index in [2.05, 4.69) is 70.5 Å². The number of amides is 1. The summed E-state index contributed by atoms with van der Waals surface area (Å²) < 4.78 is 0. The monoisotopic (exact) mass is 410 g/mol. The van der Waals surface area contributed by atoms with Crippen LogP contribution in [0.5, 0.6) is 0 Å². The first-order valence-corrected chi connectivity index (χ1v) is 11.7. The van der Waals surface area contributed by atoms with Crippen LogP contribution in [0.15, 0.2) is 48.0 Å². The predicted molar refractivity (Wildman–Crippen MR) is 120 cm³/mol. The standard InChI is InChI=1S/C24H31N3OS/c1-16-8-3-5-10-21(16)27-24(28)17(2)25-15-20(23-12-7-13-29-23)19-14-26-22-11-6-4-9-18(19)22/h4,6-7,9,11-14,16-17,20-21,25-26H,3,5,8,10,15H2,1-2H3,(H,27,28)/p+1/t16-,17-,20-,21-/m1/s1. The zero-order chi connectivity index (χ0) is 20.2. The largest absolute Gasteiger partial charge is 0.361 e. The number of hydrogen-bond donors (Lipinski definition) is 3. The van der Waals surface area contributed by atoms with Crippen molar-refractivity contribution in [1.82, 2.24) is 10.3 Å². The number of quaternary nitrogens is 1. The van der Waals surface area contributed by atoms with Crippen molar-refractivity contribution in [2.75, 3.05) is 6.54 Å². The fraction of sp³-hybridized carbons (Fsp3) is 0.458. The van der Waals surface area contributed by atoms with Crippen molar-refractivity contribution < 1.29 is 10.1 Å². The highest BCUT2D eigenvalue weighted by Gasteiger charge is 2.28. The number of benzene rings is 1. The normalized spacial score (nSPS) is 21.7. The minimum absolute atomic E-state index is 0.0863. The summed E-state index contributed by atoms with van der Waals surface area (Å²) >= 11 is 1.79. The number of hydrogen-bond acceptors (Lipinski definition) is 2. The van der Waals surface area contributed by atoms with E-state index in [0.717, 1.165) is 13.0 Å². The first-order valence-electron chi connectivity index (χ1n) is 10.9. The molecule has 1 aliphatic rings. The zero-order valence-electron chi connectivity index (χ0n) is 17.4. The maximum Gasteiger partial charge on any atom is 0.278 e. The summed E-state index contributed by atoms with van der Waals surface area (Å²) in [6.07, 6.45) is 7.00. The second-order valence-electron chi connectivity index (χ2n) is 8.49. The van der Waals surface area contributed by atoms with Gasteiger partial charge in [0, 0.05) is 28.0 Å². The van der Waals surface area contributed by atoms with Crippen LogP contribution in [0.1, 0.15) is 55.9 Å². The number of thiophene rings is 1. The van der Waals surface area contributed by atoms with Crippen molar-refractivity contribution in [2.24, 2.45) is 5.92 Å². The fourth-order valence-electron chi connectivity index (χ4n) is 4.56. The summed E-state index contributed by atoms with van der Waals surface area (Å²) in [4.78, 5) is 17.6. The smallest absolute Gasteiger partial charge is 0.278 e. The second kappa shape index (κ2) is 9.14. The van der Waals surface area contributed by atoms with E-state index in [1.807, 2.05) is 6.92 Å². The predicted octanol–water partition coefficient (Wildman–Crippen LogP) is 4.01. The van der Waals surface area contributed by atoms with E-state index in [1.165, 1.54) is 40.6 Å². The first kappa shape index (κ1) is 20.2. The van der Waals surface area contributed by atoms with E-state index in [9.17, 15) is 4.79 Å². The summed E-state index contributed by atoms with van der Waals surface area (Å²) in [6.45, 7) is 5.16. The number of nitrogens with two attached hydrogens (primary N) is 1. The topological polar surface area (TPSA) is 61.5 Å². The summed E-state index contributed by atoms with van der Waals surface area (Å²) in [6, 6.07) is 13.0. The van der Waals surface area contributed by atoms with Crippen LogP contribution in [0, 0.1) is 5.92 Å². The molecule has 0 bridgehead atoms. The van der Waals surface area contributed by atoms with E-state index in [-0.39, 0.29) is 17.9 Å². The lowest BCUT2D eigenvalue weighted by atomic mass is 9.86. The number of H-pyrrole nitrogens is 1. The molecular formula is C24H32N3OS+. The third-order valence-corrected chi connectivity index (χ3v) is 7.45. The molecule has 0 radical (unpaired) electrons. The lowest BCUT2D eigenvalue weighted by molar-refractivity contribution is -0.674. The molecule has 1 fully saturated rings. The van der Waals surface area contributed by atoms with Gasteiger partial charge in [0.2, 0.25) is 0 Å². The maximum atomic E-state index is 12.8. The maximum absolute atomic E-state index is 12.8. The van der Waals surface area contributed by atoms with Crippen molar-refractivity contribution in [2.45, 2.75) is 57.5 Å². The van der Waals surface area contributed by atoms with Gasteiger partial charge in [0.05, 0.1) is 12.5 Å². The number of nitrogens with one attached hydrogen (secondary N) is 2. The highest BCUT2D eigenvalue weighted by atomic mass is 32.1. The molecule has 4 N–H and O–H groups in total. The fourth-order valence-corrected chi connectivity index (χ4v) is 5.42. The summed E-state index contributed by atoms with van der Waals surface area (Å²) in [7, 11) is 0. The van der Waals surface area contributed by atoms with Crippen molar-refractivity contribution in [3.8, 4) is 0 Å². The lowest BCUT2D eigenvalue weighted by Gasteiger charge is -2.30. The van der Waals surface area contributed by atoms with Crippen molar-refractivity contribution in [1.29, 1.82) is 0 Å². The molecule has 1 amide bonds. The molecule has 0 aliphatic heterocycles. The van der Waals surface area contributed by atoms with E-state index in [4.69, 9.17) is 0 Å². The average Bonchev–Trinajstić information content (AvgIpc) is 3.40. The van der Waals surface area contributed by atoms with Crippen LogP contribution in [0.3, 0.4) is 0 Å². The molecular weight excluding hydrogens is 378 g/mol. The Morgan fingerprint density at radius 1 is 1.24 bits per heavy atom. The quantitative estimate of drug-likeness (QED) is 0.541. The number of rotatable bonds is 7. The SMILES string of the molecule is C[C@@H]1CCCC[C@H]1NC(=O)[C@@H](C)[NH2+]C[C@@H](c1cccs1)c1c[nH]c2ccccc12. The number of carbonyl (C=O) groups excluding carboxylic acids is 1. The van der Waals surface area contributed by atoms with E-state index in [1.54, 1.807) is 11.3 Å². The number of carbonyl (C=O) groups is 1.